The van der Waals surface area contributed by atoms with Crippen molar-refractivity contribution in [2.24, 2.45) is 0 Å². The molecule has 0 N–H and O–H groups in total. The molecule has 0 aliphatic heterocycles. The van der Waals surface area contributed by atoms with Crippen LogP contribution in [0, 0.1) is 6.92 Å². The molecule has 0 unspecified atom stereocenters. The summed E-state index contributed by atoms with van der Waals surface area (Å²) in [6, 6.07) is 125. The van der Waals surface area contributed by atoms with E-state index in [-0.39, 0.29) is 45.8 Å². The van der Waals surface area contributed by atoms with Gasteiger partial charge in [-0.05, 0) is 205 Å². The van der Waals surface area contributed by atoms with Crippen molar-refractivity contribution < 1.29 is 5.48 Å². The Bertz CT molecular complexity index is 7840. The average Bonchev–Trinajstić information content (AvgIpc) is 1.41. The van der Waals surface area contributed by atoms with Crippen LogP contribution in [-0.2, 0) is 28.1 Å². The second-order valence-electron chi connectivity index (χ2n) is 36.9. The first-order chi connectivity index (χ1) is 61.7. The monoisotopic (exact) mass is 1670 g/mol. The van der Waals surface area contributed by atoms with Crippen LogP contribution in [0.15, 0.2) is 370 Å². The predicted molar refractivity (Wildman–Crippen MR) is 549 cm³/mol. The Kier molecular flexibility index (Phi) is 20.4. The molecule has 4 heteroatoms. The molecule has 124 heavy (non-hydrogen) atoms. The van der Waals surface area contributed by atoms with E-state index in [1.54, 1.807) is 18.3 Å². The van der Waals surface area contributed by atoms with Crippen LogP contribution >= 0.6 is 45.3 Å². The highest BCUT2D eigenvalue weighted by Crippen LogP contribution is 2.53. The topological polar surface area (TPSA) is 0 Å². The van der Waals surface area contributed by atoms with E-state index in [1.807, 2.05) is 46.1 Å². The van der Waals surface area contributed by atoms with Gasteiger partial charge in [0.15, 0.2) is 0 Å². The van der Waals surface area contributed by atoms with Gasteiger partial charge in [-0.25, -0.2) is 0 Å². The maximum atomic E-state index is 8.77. The van der Waals surface area contributed by atoms with Crippen LogP contribution in [-0.4, -0.2) is 0 Å². The van der Waals surface area contributed by atoms with E-state index in [4.69, 9.17) is 5.48 Å². The van der Waals surface area contributed by atoms with E-state index in [0.29, 0.717) is 11.1 Å². The van der Waals surface area contributed by atoms with Gasteiger partial charge in [-0.3, -0.25) is 0 Å². The van der Waals surface area contributed by atoms with Gasteiger partial charge < -0.3 is 0 Å². The lowest BCUT2D eigenvalue weighted by atomic mass is 9.76. The zero-order valence-electron chi connectivity index (χ0n) is 76.7. The molecule has 0 saturated heterocycles. The normalized spacial score (nSPS) is 12.7. The highest BCUT2D eigenvalue weighted by atomic mass is 32.1. The molecular weight excluding hydrogens is 1570 g/mol. The lowest BCUT2D eigenvalue weighted by molar-refractivity contribution is 0.593. The minimum Gasteiger partial charge on any atom is -0.135 e. The van der Waals surface area contributed by atoms with Crippen LogP contribution in [0.5, 0.6) is 0 Å². The van der Waals surface area contributed by atoms with Crippen LogP contribution in [0.25, 0.3) is 181 Å². The molecule has 0 nitrogen and oxygen atoms in total. The fourth-order valence-electron chi connectivity index (χ4n) is 19.4. The molecule has 0 bridgehead atoms. The average molecular weight is 1680 g/mol. The van der Waals surface area contributed by atoms with Gasteiger partial charge in [-0.1, -0.05) is 422 Å². The molecule has 1 aliphatic rings. The summed E-state index contributed by atoms with van der Waals surface area (Å²) in [6.07, 6.45) is 1.02. The number of benzene rings is 17. The standard InChI is InChI=1S/C35H28S.C29H26S.2C28H24S/c1-35(2,3)34-27(25-15-8-12-23-21-22-11-4-5-13-24(22)32(23)25)17-9-18-28(34)26-16-10-20-31-33(26)29-14-6-7-19-30(29)36-31;1-19-10-7-11-20(18-19)21-13-8-14-23(27(21)29(2,3)4)25-16-9-15-24-22-12-5-6-17-26(22)30-28(24)25;1-28(2,3)27-20(19-11-5-4-6-12-19)14-9-16-22(27)21-15-10-18-25-26(21)23-13-7-8-17-24(23)29-25;1-28(2,3)26-20(19-11-5-4-6-12-19)14-9-15-22(26)24-17-10-16-23-21-13-7-8-18-25(21)29-27(23)24/h4-20H,21H2,1-3H3;5-18H,1-4H3;2*4-18H,1-3H3/i;7D,10D,11D,18D;;. The van der Waals surface area contributed by atoms with E-state index < -0.39 is 0 Å². The van der Waals surface area contributed by atoms with E-state index in [2.05, 4.69) is 417 Å². The van der Waals surface area contributed by atoms with E-state index >= 15 is 0 Å². The van der Waals surface area contributed by atoms with Crippen molar-refractivity contribution in [3.05, 3.63) is 409 Å². The Morgan fingerprint density at radius 1 is 0.226 bits per heavy atom. The van der Waals surface area contributed by atoms with Gasteiger partial charge in [0, 0.05) is 80.7 Å². The van der Waals surface area contributed by atoms with Crippen molar-refractivity contribution in [2.75, 3.05) is 0 Å². The molecule has 22 rings (SSSR count). The molecule has 0 fully saturated rings. The summed E-state index contributed by atoms with van der Waals surface area (Å²) in [5, 5.41) is 10.7. The van der Waals surface area contributed by atoms with Crippen molar-refractivity contribution in [3.63, 3.8) is 0 Å². The maximum Gasteiger partial charge on any atom is 0.0632 e. The van der Waals surface area contributed by atoms with Gasteiger partial charge in [0.1, 0.15) is 0 Å². The smallest absolute Gasteiger partial charge is 0.0632 e. The Morgan fingerprint density at radius 3 is 0.968 bits per heavy atom. The minimum absolute atomic E-state index is 0.0236. The third kappa shape index (κ3) is 15.3. The Hall–Kier alpha value is -12.4. The fourth-order valence-corrected chi connectivity index (χ4v) is 24.1. The molecule has 1 aliphatic carbocycles. The molecule has 4 aromatic heterocycles. The molecule has 21 aromatic rings. The SMILES string of the molecule is CC(C)(C)c1c(-c2cccc3c2-c2ccccc2C3)cccc1-c1cccc2sc3ccccc3c12.CC(C)(C)c1c(-c2ccccc2)cccc1-c1cccc2c1sc1ccccc12.CC(C)(C)c1c(-c2ccccc2)cccc1-c1cccc2sc3ccccc3c12.[2H]c1c([2H])c(C)c([2H])c(-c2cccc(-c3cccc4c3sc3ccccc34)c2C(C)(C)C)c1[2H]. The first kappa shape index (κ1) is 76.5. The summed E-state index contributed by atoms with van der Waals surface area (Å²) in [5.41, 5.74) is 30.6. The van der Waals surface area contributed by atoms with Crippen molar-refractivity contribution in [1.29, 1.82) is 0 Å². The zero-order chi connectivity index (χ0) is 88.8. The molecule has 0 amide bonds. The van der Waals surface area contributed by atoms with Gasteiger partial charge in [0.25, 0.3) is 0 Å². The van der Waals surface area contributed by atoms with E-state index in [0.717, 1.165) is 28.7 Å². The van der Waals surface area contributed by atoms with Gasteiger partial charge >= 0.3 is 0 Å². The largest absolute Gasteiger partial charge is 0.135 e. The number of hydrogen-bond acceptors (Lipinski definition) is 4. The van der Waals surface area contributed by atoms with Crippen LogP contribution in [0.3, 0.4) is 0 Å². The zero-order valence-corrected chi connectivity index (χ0v) is 76.0. The summed E-state index contributed by atoms with van der Waals surface area (Å²) in [6.45, 7) is 29.2. The van der Waals surface area contributed by atoms with Gasteiger partial charge in [0.05, 0.1) is 5.48 Å². The molecular formula is C120H102S4. The number of hydrogen-bond donors (Lipinski definition) is 0. The van der Waals surface area contributed by atoms with Crippen LogP contribution in [0.1, 0.15) is 128 Å². The molecule has 0 spiro atoms. The lowest BCUT2D eigenvalue weighted by Gasteiger charge is -2.28. The summed E-state index contributed by atoms with van der Waals surface area (Å²) in [4.78, 5) is 0. The summed E-state index contributed by atoms with van der Waals surface area (Å²) in [5.74, 6) is 0. The molecule has 17 aromatic carbocycles. The third-order valence-corrected chi connectivity index (χ3v) is 29.0. The first-order valence-electron chi connectivity index (χ1n) is 45.2. The highest BCUT2D eigenvalue weighted by Gasteiger charge is 2.32. The van der Waals surface area contributed by atoms with Crippen molar-refractivity contribution in [1.82, 2.24) is 0 Å². The van der Waals surface area contributed by atoms with Crippen molar-refractivity contribution in [3.8, 4) is 100 Å². The second kappa shape index (κ2) is 33.0. The van der Waals surface area contributed by atoms with Gasteiger partial charge in [-0.2, -0.15) is 0 Å². The maximum absolute atomic E-state index is 8.77. The Balaban J connectivity index is 0.000000112. The molecule has 0 atom stereocenters. The fraction of sp³-hybridized carbons (Fsp3) is 0.150. The second-order valence-corrected chi connectivity index (χ2v) is 41.2. The van der Waals surface area contributed by atoms with Gasteiger partial charge in [-0.15, -0.1) is 45.3 Å². The number of rotatable bonds is 8. The predicted octanol–water partition coefficient (Wildman–Crippen LogP) is 36.6. The third-order valence-electron chi connectivity index (χ3n) is 24.3. The van der Waals surface area contributed by atoms with Crippen molar-refractivity contribution >= 4 is 126 Å². The van der Waals surface area contributed by atoms with Crippen molar-refractivity contribution in [2.45, 2.75) is 118 Å². The number of fused-ring (bicyclic) bond motifs is 15. The summed E-state index contributed by atoms with van der Waals surface area (Å²) < 4.78 is 44.5. The molecule has 0 radical (unpaired) electrons. The molecule has 4 heterocycles. The van der Waals surface area contributed by atoms with E-state index in [9.17, 15) is 0 Å². The molecule has 606 valence electrons. The lowest BCUT2D eigenvalue weighted by Crippen LogP contribution is -2.15. The van der Waals surface area contributed by atoms with Gasteiger partial charge in [0.2, 0.25) is 0 Å². The van der Waals surface area contributed by atoms with Crippen LogP contribution < -0.4 is 0 Å². The summed E-state index contributed by atoms with van der Waals surface area (Å²) >= 11 is 7.47. The highest BCUT2D eigenvalue weighted by molar-refractivity contribution is 7.27. The summed E-state index contributed by atoms with van der Waals surface area (Å²) in [7, 11) is 0. The first-order valence-corrected chi connectivity index (χ1v) is 46.5. The Morgan fingerprint density at radius 2 is 0.516 bits per heavy atom. The quantitative estimate of drug-likeness (QED) is 0.142. The van der Waals surface area contributed by atoms with E-state index in [1.165, 1.54) is 186 Å². The van der Waals surface area contributed by atoms with Crippen LogP contribution in [0.2, 0.25) is 0 Å². The Labute approximate surface area is 752 Å². The number of thiophene rings is 4. The minimum atomic E-state index is -0.278. The molecule has 0 saturated carbocycles. The van der Waals surface area contributed by atoms with Crippen LogP contribution in [0.4, 0.5) is 0 Å².